The number of aliphatic hydroxyl groups excluding tert-OH is 2. The molecular weight excluding hydrogens is 388 g/mol. The minimum Gasteiger partial charge on any atom is -0.393 e. The van der Waals surface area contributed by atoms with Crippen molar-refractivity contribution in [1.29, 1.82) is 0 Å². The molecule has 0 aromatic carbocycles. The molecule has 174 valence electrons. The van der Waals surface area contributed by atoms with E-state index >= 15 is 0 Å². The van der Waals surface area contributed by atoms with E-state index in [2.05, 4.69) is 33.8 Å². The Morgan fingerprint density at radius 1 is 1.03 bits per heavy atom. The maximum Gasteiger partial charge on any atom is 0.171 e. The first-order valence-electron chi connectivity index (χ1n) is 13.1. The Balaban J connectivity index is 1.29. The maximum absolute atomic E-state index is 11.1. The van der Waals surface area contributed by atoms with E-state index in [1.807, 2.05) is 0 Å². The largest absolute Gasteiger partial charge is 0.393 e. The van der Waals surface area contributed by atoms with Gasteiger partial charge < -0.3 is 19.7 Å². The Morgan fingerprint density at radius 2 is 1.84 bits per heavy atom. The molecular formula is C27H42O4. The van der Waals surface area contributed by atoms with Crippen LogP contribution < -0.4 is 0 Å². The summed E-state index contributed by atoms with van der Waals surface area (Å²) in [7, 11) is 0. The van der Waals surface area contributed by atoms with Crippen molar-refractivity contribution in [3.05, 3.63) is 11.6 Å². The van der Waals surface area contributed by atoms with E-state index in [0.29, 0.717) is 53.4 Å². The van der Waals surface area contributed by atoms with Gasteiger partial charge in [-0.25, -0.2) is 0 Å². The first kappa shape index (κ1) is 21.1. The fraction of sp³-hybridized carbons (Fsp3) is 0.926. The molecule has 2 N–H and O–H groups in total. The van der Waals surface area contributed by atoms with E-state index in [4.69, 9.17) is 9.47 Å². The maximum atomic E-state index is 11.1. The number of ether oxygens (including phenoxy) is 2. The van der Waals surface area contributed by atoms with Gasteiger partial charge in [-0.3, -0.25) is 0 Å². The number of hydrogen-bond donors (Lipinski definition) is 2. The van der Waals surface area contributed by atoms with Gasteiger partial charge in [0, 0.05) is 24.2 Å². The summed E-state index contributed by atoms with van der Waals surface area (Å²) in [5, 5.41) is 21.4. The van der Waals surface area contributed by atoms with Gasteiger partial charge >= 0.3 is 0 Å². The predicted octanol–water partition coefficient (Wildman–Crippen LogP) is 4.68. The quantitative estimate of drug-likeness (QED) is 0.548. The molecule has 2 heterocycles. The first-order chi connectivity index (χ1) is 14.7. The molecule has 1 unspecified atom stereocenters. The van der Waals surface area contributed by atoms with Gasteiger partial charge in [-0.2, -0.15) is 0 Å². The van der Waals surface area contributed by atoms with Crippen LogP contribution in [0.3, 0.4) is 0 Å². The van der Waals surface area contributed by atoms with Gasteiger partial charge in [-0.15, -0.1) is 0 Å². The zero-order chi connectivity index (χ0) is 21.8. The zero-order valence-electron chi connectivity index (χ0n) is 19.8. The highest BCUT2D eigenvalue weighted by atomic mass is 16.7. The topological polar surface area (TPSA) is 58.9 Å². The Hall–Kier alpha value is -0.420. The molecule has 12 atom stereocenters. The van der Waals surface area contributed by atoms with Crippen molar-refractivity contribution >= 4 is 0 Å². The summed E-state index contributed by atoms with van der Waals surface area (Å²) in [6.07, 6.45) is 10.2. The summed E-state index contributed by atoms with van der Waals surface area (Å²) in [6, 6.07) is 0. The third kappa shape index (κ3) is 2.68. The lowest BCUT2D eigenvalue weighted by atomic mass is 9.46. The summed E-state index contributed by atoms with van der Waals surface area (Å²) in [4.78, 5) is 0. The highest BCUT2D eigenvalue weighted by molar-refractivity contribution is 5.28. The molecule has 3 saturated carbocycles. The molecule has 2 saturated heterocycles. The normalized spacial score (nSPS) is 60.7. The van der Waals surface area contributed by atoms with Crippen molar-refractivity contribution in [2.75, 3.05) is 6.61 Å². The van der Waals surface area contributed by atoms with Gasteiger partial charge in [-0.1, -0.05) is 39.3 Å². The van der Waals surface area contributed by atoms with Crippen molar-refractivity contribution < 1.29 is 19.7 Å². The second kappa shape index (κ2) is 6.81. The van der Waals surface area contributed by atoms with Crippen molar-refractivity contribution in [1.82, 2.24) is 0 Å². The van der Waals surface area contributed by atoms with Gasteiger partial charge in [0.2, 0.25) is 0 Å². The highest BCUT2D eigenvalue weighted by Gasteiger charge is 2.69. The van der Waals surface area contributed by atoms with Gasteiger partial charge in [0.15, 0.2) is 5.79 Å². The molecule has 0 bridgehead atoms. The number of rotatable bonds is 0. The van der Waals surface area contributed by atoms with E-state index in [1.54, 1.807) is 0 Å². The monoisotopic (exact) mass is 430 g/mol. The lowest BCUT2D eigenvalue weighted by Crippen LogP contribution is -2.56. The summed E-state index contributed by atoms with van der Waals surface area (Å²) < 4.78 is 13.3. The van der Waals surface area contributed by atoms with E-state index in [9.17, 15) is 10.2 Å². The number of fused-ring (bicyclic) bond motifs is 7. The number of aliphatic hydroxyl groups is 2. The number of hydrogen-bond acceptors (Lipinski definition) is 4. The van der Waals surface area contributed by atoms with Crippen LogP contribution in [-0.2, 0) is 9.47 Å². The van der Waals surface area contributed by atoms with Crippen molar-refractivity contribution in [3.63, 3.8) is 0 Å². The van der Waals surface area contributed by atoms with E-state index in [-0.39, 0.29) is 17.3 Å². The van der Waals surface area contributed by atoms with Crippen LogP contribution in [-0.4, -0.2) is 40.9 Å². The fourth-order valence-electron chi connectivity index (χ4n) is 9.72. The van der Waals surface area contributed by atoms with E-state index in [1.165, 1.54) is 24.8 Å². The van der Waals surface area contributed by atoms with Crippen molar-refractivity contribution in [2.24, 2.45) is 46.3 Å². The van der Waals surface area contributed by atoms with Gasteiger partial charge in [0.25, 0.3) is 0 Å². The second-order valence-electron chi connectivity index (χ2n) is 12.8. The molecule has 0 amide bonds. The van der Waals surface area contributed by atoms with Gasteiger partial charge in [0.05, 0.1) is 24.9 Å². The van der Waals surface area contributed by atoms with Crippen LogP contribution in [0.4, 0.5) is 0 Å². The zero-order valence-corrected chi connectivity index (χ0v) is 19.8. The molecule has 6 aliphatic rings. The van der Waals surface area contributed by atoms with Gasteiger partial charge in [0.1, 0.15) is 0 Å². The van der Waals surface area contributed by atoms with Gasteiger partial charge in [-0.05, 0) is 73.5 Å². The van der Waals surface area contributed by atoms with Crippen LogP contribution in [0.25, 0.3) is 0 Å². The summed E-state index contributed by atoms with van der Waals surface area (Å²) in [6.45, 7) is 10.4. The Labute approximate surface area is 187 Å². The fourth-order valence-corrected chi connectivity index (χ4v) is 9.72. The van der Waals surface area contributed by atoms with Crippen LogP contribution in [0.5, 0.6) is 0 Å². The average molecular weight is 431 g/mol. The Bertz CT molecular complexity index is 769. The van der Waals surface area contributed by atoms with Crippen LogP contribution in [0.1, 0.15) is 79.1 Å². The van der Waals surface area contributed by atoms with E-state index < -0.39 is 6.10 Å². The second-order valence-corrected chi connectivity index (χ2v) is 12.8. The standard InChI is InChI=1S/C27H42O4/c1-15-7-10-27(30-14-15)16(2)24-22(31-27)13-21-19-6-5-17-11-18(28)12-23(29)26(17,4)20(19)8-9-25(21,24)3/h5,15-16,18-24,28-29H,6-14H2,1-4H3/t15-,16+,18-,19-,20+,21+,22+,23-,24?,25+,26+,27-/m1/s1. The third-order valence-corrected chi connectivity index (χ3v) is 11.4. The summed E-state index contributed by atoms with van der Waals surface area (Å²) in [5.74, 6) is 3.17. The average Bonchev–Trinajstić information content (AvgIpc) is 3.16. The molecule has 4 heteroatoms. The predicted molar refractivity (Wildman–Crippen MR) is 119 cm³/mol. The Kier molecular flexibility index (Phi) is 4.64. The Morgan fingerprint density at radius 3 is 2.58 bits per heavy atom. The molecule has 0 aromatic heterocycles. The first-order valence-corrected chi connectivity index (χ1v) is 13.1. The van der Waals surface area contributed by atoms with Crippen molar-refractivity contribution in [3.8, 4) is 0 Å². The molecule has 1 spiro atoms. The van der Waals surface area contributed by atoms with Crippen molar-refractivity contribution in [2.45, 2.75) is 103 Å². The molecule has 4 aliphatic carbocycles. The number of allylic oxidation sites excluding steroid dienone is 1. The molecule has 2 aliphatic heterocycles. The smallest absolute Gasteiger partial charge is 0.171 e. The van der Waals surface area contributed by atoms with Crippen LogP contribution >= 0.6 is 0 Å². The molecule has 31 heavy (non-hydrogen) atoms. The lowest BCUT2D eigenvalue weighted by molar-refractivity contribution is -0.272. The molecule has 0 aromatic rings. The SMILES string of the molecule is C[C@@H]1CC[C@@]2(OC1)O[C@H]1C[C@H]3[C@@H]4CC=C5C[C@@H](O)C[C@@H](O)[C@]5(C)[C@H]4CC[C@]3(C)C1[C@@H]2C. The van der Waals surface area contributed by atoms with E-state index in [0.717, 1.165) is 32.3 Å². The minimum absolute atomic E-state index is 0.155. The van der Waals surface area contributed by atoms with Crippen LogP contribution in [0.15, 0.2) is 11.6 Å². The molecule has 5 fully saturated rings. The molecule has 0 radical (unpaired) electrons. The molecule has 4 nitrogen and oxygen atoms in total. The summed E-state index contributed by atoms with van der Waals surface area (Å²) in [5.41, 5.74) is 1.48. The lowest BCUT2D eigenvalue weighted by Gasteiger charge is -2.59. The third-order valence-electron chi connectivity index (χ3n) is 11.4. The van der Waals surface area contributed by atoms with Crippen LogP contribution in [0.2, 0.25) is 0 Å². The molecule has 6 rings (SSSR count). The summed E-state index contributed by atoms with van der Waals surface area (Å²) >= 11 is 0. The minimum atomic E-state index is -0.420. The van der Waals surface area contributed by atoms with Crippen LogP contribution in [0, 0.1) is 46.3 Å². The highest BCUT2D eigenvalue weighted by Crippen LogP contribution is 2.70.